The van der Waals surface area contributed by atoms with E-state index in [0.29, 0.717) is 12.1 Å². The second-order valence-corrected chi connectivity index (χ2v) is 13.3. The Labute approximate surface area is 263 Å². The number of hydrogen-bond donors (Lipinski definition) is 1. The third kappa shape index (κ3) is 7.10. The van der Waals surface area contributed by atoms with E-state index >= 15 is 0 Å². The Morgan fingerprint density at radius 3 is 1.68 bits per heavy atom. The molecular weight excluding hydrogens is 542 g/mol. The van der Waals surface area contributed by atoms with Crippen LogP contribution >= 0.6 is 0 Å². The standard InChI is InChI=1S/C40H47NO3/c1-39(2,32-20-23-37(24-21-32)43-27-36-26-41-36)31-16-18-35(19-17-31)40(3,33-12-7-29(8-13-33)6-5-25-42-4)34-14-9-30(10-15-34)11-22-38-28-44-38/h7-10,12-21,23-24,36,38,41H,5-6,11,22,25-28H2,1-4H3. The van der Waals surface area contributed by atoms with Crippen LogP contribution in [0.2, 0.25) is 0 Å². The summed E-state index contributed by atoms with van der Waals surface area (Å²) in [7, 11) is 1.77. The Morgan fingerprint density at radius 2 is 1.18 bits per heavy atom. The van der Waals surface area contributed by atoms with Crippen molar-refractivity contribution in [2.75, 3.05) is 33.5 Å². The van der Waals surface area contributed by atoms with Gasteiger partial charge in [-0.05, 0) is 83.7 Å². The molecule has 1 N–H and O–H groups in total. The van der Waals surface area contributed by atoms with Crippen molar-refractivity contribution in [3.63, 3.8) is 0 Å². The number of aryl methyl sites for hydroxylation is 2. The molecule has 4 aromatic carbocycles. The third-order valence-electron chi connectivity index (χ3n) is 9.74. The topological polar surface area (TPSA) is 52.9 Å². The molecule has 0 spiro atoms. The molecule has 0 radical (unpaired) electrons. The minimum absolute atomic E-state index is 0.137. The molecule has 3 unspecified atom stereocenters. The molecule has 0 amide bonds. The highest BCUT2D eigenvalue weighted by Gasteiger charge is 2.32. The molecule has 0 saturated carbocycles. The average molecular weight is 590 g/mol. The van der Waals surface area contributed by atoms with Crippen LogP contribution in [0, 0.1) is 0 Å². The molecule has 2 aliphatic rings. The maximum absolute atomic E-state index is 5.93. The molecule has 0 bridgehead atoms. The number of benzene rings is 4. The van der Waals surface area contributed by atoms with Crippen molar-refractivity contribution < 1.29 is 14.2 Å². The monoisotopic (exact) mass is 589 g/mol. The highest BCUT2D eigenvalue weighted by Crippen LogP contribution is 2.41. The van der Waals surface area contributed by atoms with Crippen LogP contribution in [-0.4, -0.2) is 45.6 Å². The normalized spacial score (nSPS) is 18.9. The van der Waals surface area contributed by atoms with Gasteiger partial charge in [0.1, 0.15) is 12.4 Å². The number of methoxy groups -OCH3 is 1. The lowest BCUT2D eigenvalue weighted by Crippen LogP contribution is -2.26. The van der Waals surface area contributed by atoms with Gasteiger partial charge in [-0.15, -0.1) is 0 Å². The SMILES string of the molecule is COCCCc1ccc(C(C)(c2ccc(CCC3CO3)cc2)c2ccc(C(C)(C)c3ccc(OCC4CN4)cc3)cc2)cc1. The summed E-state index contributed by atoms with van der Waals surface area (Å²) in [5.41, 5.74) is 8.77. The summed E-state index contributed by atoms with van der Waals surface area (Å²) in [5.74, 6) is 0.931. The first kappa shape index (κ1) is 30.6. The van der Waals surface area contributed by atoms with Crippen molar-refractivity contribution in [1.82, 2.24) is 5.32 Å². The molecular formula is C40H47NO3. The van der Waals surface area contributed by atoms with E-state index in [4.69, 9.17) is 14.2 Å². The first-order chi connectivity index (χ1) is 21.4. The summed E-state index contributed by atoms with van der Waals surface area (Å²) in [6.45, 7) is 10.5. The average Bonchev–Trinajstić information content (AvgIpc) is 4.00. The zero-order valence-electron chi connectivity index (χ0n) is 26.8. The van der Waals surface area contributed by atoms with Crippen LogP contribution in [0.5, 0.6) is 5.75 Å². The van der Waals surface area contributed by atoms with Gasteiger partial charge in [0.05, 0.1) is 18.8 Å². The van der Waals surface area contributed by atoms with Gasteiger partial charge in [0.2, 0.25) is 0 Å². The van der Waals surface area contributed by atoms with E-state index in [2.05, 4.69) is 123 Å². The largest absolute Gasteiger partial charge is 0.492 e. The minimum atomic E-state index is -0.290. The Balaban J connectivity index is 1.26. The Hall–Kier alpha value is -3.44. The fourth-order valence-electron chi connectivity index (χ4n) is 6.25. The Kier molecular flexibility index (Phi) is 9.23. The van der Waals surface area contributed by atoms with E-state index in [1.807, 2.05) is 0 Å². The van der Waals surface area contributed by atoms with Crippen LogP contribution in [0.4, 0.5) is 0 Å². The highest BCUT2D eigenvalue weighted by molar-refractivity contribution is 5.52. The predicted molar refractivity (Wildman–Crippen MR) is 179 cm³/mol. The predicted octanol–water partition coefficient (Wildman–Crippen LogP) is 7.63. The Morgan fingerprint density at radius 1 is 0.705 bits per heavy atom. The molecule has 4 nitrogen and oxygen atoms in total. The Bertz CT molecular complexity index is 1480. The van der Waals surface area contributed by atoms with E-state index in [1.54, 1.807) is 7.11 Å². The van der Waals surface area contributed by atoms with Crippen molar-refractivity contribution >= 4 is 0 Å². The van der Waals surface area contributed by atoms with Crippen molar-refractivity contribution in [2.24, 2.45) is 0 Å². The molecule has 230 valence electrons. The summed E-state index contributed by atoms with van der Waals surface area (Å²) in [4.78, 5) is 0. The second kappa shape index (κ2) is 13.3. The number of hydrogen-bond acceptors (Lipinski definition) is 4. The maximum Gasteiger partial charge on any atom is 0.119 e. The van der Waals surface area contributed by atoms with Crippen LogP contribution < -0.4 is 10.1 Å². The molecule has 4 aromatic rings. The van der Waals surface area contributed by atoms with Gasteiger partial charge in [0.25, 0.3) is 0 Å². The lowest BCUT2D eigenvalue weighted by Gasteiger charge is -2.33. The fraction of sp³-hybridized carbons (Fsp3) is 0.400. The van der Waals surface area contributed by atoms with E-state index in [0.717, 1.165) is 57.8 Å². The lowest BCUT2D eigenvalue weighted by molar-refractivity contribution is 0.195. The number of epoxide rings is 1. The molecule has 2 heterocycles. The summed E-state index contributed by atoms with van der Waals surface area (Å²) in [6, 6.07) is 36.9. The third-order valence-corrected chi connectivity index (χ3v) is 9.74. The summed E-state index contributed by atoms with van der Waals surface area (Å²) < 4.78 is 16.6. The van der Waals surface area contributed by atoms with Crippen molar-refractivity contribution in [3.05, 3.63) is 136 Å². The van der Waals surface area contributed by atoms with E-state index in [-0.39, 0.29) is 10.8 Å². The van der Waals surface area contributed by atoms with E-state index in [1.165, 1.54) is 38.9 Å². The summed E-state index contributed by atoms with van der Waals surface area (Å²) >= 11 is 0. The summed E-state index contributed by atoms with van der Waals surface area (Å²) in [6.07, 6.45) is 4.68. The van der Waals surface area contributed by atoms with Crippen LogP contribution in [-0.2, 0) is 33.1 Å². The van der Waals surface area contributed by atoms with Crippen LogP contribution in [0.1, 0.15) is 72.6 Å². The molecule has 2 aliphatic heterocycles. The van der Waals surface area contributed by atoms with Gasteiger partial charge in [-0.3, -0.25) is 0 Å². The first-order valence-corrected chi connectivity index (χ1v) is 16.2. The molecule has 44 heavy (non-hydrogen) atoms. The van der Waals surface area contributed by atoms with Crippen molar-refractivity contribution in [3.8, 4) is 5.75 Å². The first-order valence-electron chi connectivity index (χ1n) is 16.2. The van der Waals surface area contributed by atoms with Gasteiger partial charge >= 0.3 is 0 Å². The number of nitrogens with one attached hydrogen (secondary N) is 1. The van der Waals surface area contributed by atoms with Crippen LogP contribution in [0.15, 0.2) is 97.1 Å². The number of rotatable bonds is 15. The van der Waals surface area contributed by atoms with Gasteiger partial charge < -0.3 is 19.5 Å². The quantitative estimate of drug-likeness (QED) is 0.0880. The zero-order chi connectivity index (χ0) is 30.6. The molecule has 4 heteroatoms. The smallest absolute Gasteiger partial charge is 0.119 e. The van der Waals surface area contributed by atoms with Gasteiger partial charge in [-0.1, -0.05) is 98.8 Å². The van der Waals surface area contributed by atoms with Gasteiger partial charge in [0, 0.05) is 31.1 Å². The lowest BCUT2D eigenvalue weighted by atomic mass is 9.69. The second-order valence-electron chi connectivity index (χ2n) is 13.3. The molecule has 3 atom stereocenters. The molecule has 0 aliphatic carbocycles. The van der Waals surface area contributed by atoms with E-state index in [9.17, 15) is 0 Å². The van der Waals surface area contributed by atoms with Crippen molar-refractivity contribution in [2.45, 2.75) is 69.4 Å². The maximum atomic E-state index is 5.93. The fourth-order valence-corrected chi connectivity index (χ4v) is 6.25. The molecule has 2 fully saturated rings. The molecule has 6 rings (SSSR count). The van der Waals surface area contributed by atoms with Gasteiger partial charge in [-0.25, -0.2) is 0 Å². The number of ether oxygens (including phenoxy) is 3. The van der Waals surface area contributed by atoms with E-state index < -0.39 is 0 Å². The van der Waals surface area contributed by atoms with Crippen LogP contribution in [0.3, 0.4) is 0 Å². The highest BCUT2D eigenvalue weighted by atomic mass is 16.6. The van der Waals surface area contributed by atoms with Crippen molar-refractivity contribution in [1.29, 1.82) is 0 Å². The van der Waals surface area contributed by atoms with Crippen LogP contribution in [0.25, 0.3) is 0 Å². The minimum Gasteiger partial charge on any atom is -0.492 e. The summed E-state index contributed by atoms with van der Waals surface area (Å²) in [5, 5.41) is 3.29. The molecule has 0 aromatic heterocycles. The zero-order valence-corrected chi connectivity index (χ0v) is 26.8. The van der Waals surface area contributed by atoms with Gasteiger partial charge in [-0.2, -0.15) is 0 Å². The van der Waals surface area contributed by atoms with Gasteiger partial charge in [0.15, 0.2) is 0 Å². The molecule has 2 saturated heterocycles.